The van der Waals surface area contributed by atoms with Crippen LogP contribution in [0.15, 0.2) is 59.8 Å². The molecule has 134 valence electrons. The summed E-state index contributed by atoms with van der Waals surface area (Å²) in [6, 6.07) is 15.9. The molecule has 0 aliphatic carbocycles. The predicted octanol–water partition coefficient (Wildman–Crippen LogP) is 5.16. The Labute approximate surface area is 162 Å². The van der Waals surface area contributed by atoms with Gasteiger partial charge in [-0.2, -0.15) is 0 Å². The van der Waals surface area contributed by atoms with Crippen molar-refractivity contribution in [2.24, 2.45) is 7.05 Å². The van der Waals surface area contributed by atoms with E-state index in [1.54, 1.807) is 11.8 Å². The van der Waals surface area contributed by atoms with Gasteiger partial charge in [-0.25, -0.2) is 0 Å². The highest BCUT2D eigenvalue weighted by Crippen LogP contribution is 2.22. The summed E-state index contributed by atoms with van der Waals surface area (Å²) in [5.74, 6) is 2.39. The molecular weight excluding hydrogens is 366 g/mol. The second kappa shape index (κ2) is 8.92. The third-order valence-electron chi connectivity index (χ3n) is 3.84. The third kappa shape index (κ3) is 4.90. The van der Waals surface area contributed by atoms with Crippen LogP contribution in [0.3, 0.4) is 0 Å². The Balaban J connectivity index is 1.54. The Morgan fingerprint density at radius 3 is 2.73 bits per heavy atom. The van der Waals surface area contributed by atoms with Crippen LogP contribution >= 0.6 is 23.4 Å². The fourth-order valence-electron chi connectivity index (χ4n) is 2.32. The second-order valence-electron chi connectivity index (χ2n) is 5.78. The lowest BCUT2D eigenvalue weighted by molar-refractivity contribution is 0.290. The van der Waals surface area contributed by atoms with Crippen molar-refractivity contribution in [3.8, 4) is 5.75 Å². The minimum Gasteiger partial charge on any atom is -0.486 e. The lowest BCUT2D eigenvalue weighted by atomic mass is 10.2. The van der Waals surface area contributed by atoms with Gasteiger partial charge in [0.05, 0.1) is 0 Å². The molecule has 0 aliphatic rings. The van der Waals surface area contributed by atoms with Crippen molar-refractivity contribution in [1.29, 1.82) is 0 Å². The van der Waals surface area contributed by atoms with Crippen LogP contribution in [0.2, 0.25) is 5.02 Å². The molecule has 2 aromatic carbocycles. The van der Waals surface area contributed by atoms with E-state index < -0.39 is 0 Å². The number of benzene rings is 2. The molecule has 6 heteroatoms. The fraction of sp³-hybridized carbons (Fsp3) is 0.200. The highest BCUT2D eigenvalue weighted by Gasteiger charge is 2.09. The summed E-state index contributed by atoms with van der Waals surface area (Å²) in [7, 11) is 1.95. The van der Waals surface area contributed by atoms with Crippen LogP contribution in [0.5, 0.6) is 5.75 Å². The van der Waals surface area contributed by atoms with Crippen LogP contribution in [0.1, 0.15) is 17.0 Å². The van der Waals surface area contributed by atoms with Gasteiger partial charge < -0.3 is 9.30 Å². The van der Waals surface area contributed by atoms with Gasteiger partial charge in [0.15, 0.2) is 11.0 Å². The van der Waals surface area contributed by atoms with Gasteiger partial charge in [0.25, 0.3) is 0 Å². The number of ether oxygens (including phenoxy) is 1. The number of halogens is 1. The largest absolute Gasteiger partial charge is 0.486 e. The maximum Gasteiger partial charge on any atom is 0.191 e. The van der Waals surface area contributed by atoms with Crippen LogP contribution in [0.25, 0.3) is 6.08 Å². The molecule has 0 atom stereocenters. The quantitative estimate of drug-likeness (QED) is 0.526. The molecule has 0 unspecified atom stereocenters. The monoisotopic (exact) mass is 385 g/mol. The van der Waals surface area contributed by atoms with Crippen LogP contribution in [0.4, 0.5) is 0 Å². The number of rotatable bonds is 7. The number of aryl methyl sites for hydroxylation is 1. The van der Waals surface area contributed by atoms with Gasteiger partial charge in [0.2, 0.25) is 0 Å². The SMILES string of the molecule is Cc1cc(OCc2nnc(SCC=Cc3ccccc3)n2C)ccc1Cl. The molecule has 0 saturated carbocycles. The molecular formula is C20H20ClN3OS. The van der Waals surface area contributed by atoms with Crippen molar-refractivity contribution in [3.63, 3.8) is 0 Å². The number of hydrogen-bond donors (Lipinski definition) is 0. The Morgan fingerprint density at radius 2 is 1.96 bits per heavy atom. The minimum absolute atomic E-state index is 0.366. The first-order chi connectivity index (χ1) is 12.6. The van der Waals surface area contributed by atoms with E-state index in [-0.39, 0.29) is 0 Å². The summed E-state index contributed by atoms with van der Waals surface area (Å²) in [5.41, 5.74) is 2.18. The van der Waals surface area contributed by atoms with E-state index in [9.17, 15) is 0 Å². The lowest BCUT2D eigenvalue weighted by Gasteiger charge is -2.07. The van der Waals surface area contributed by atoms with Gasteiger partial charge in [-0.05, 0) is 36.2 Å². The van der Waals surface area contributed by atoms with Crippen molar-refractivity contribution >= 4 is 29.4 Å². The molecule has 1 aromatic heterocycles. The predicted molar refractivity (Wildman–Crippen MR) is 108 cm³/mol. The van der Waals surface area contributed by atoms with Crippen molar-refractivity contribution < 1.29 is 4.74 Å². The van der Waals surface area contributed by atoms with Crippen LogP contribution in [-0.2, 0) is 13.7 Å². The van der Waals surface area contributed by atoms with Crippen LogP contribution < -0.4 is 4.74 Å². The molecule has 0 saturated heterocycles. The Kier molecular flexibility index (Phi) is 6.36. The average Bonchev–Trinajstić information content (AvgIpc) is 3.00. The molecule has 1 heterocycles. The van der Waals surface area contributed by atoms with E-state index in [1.807, 2.05) is 54.9 Å². The highest BCUT2D eigenvalue weighted by molar-refractivity contribution is 7.99. The summed E-state index contributed by atoms with van der Waals surface area (Å²) in [6.45, 7) is 2.32. The maximum atomic E-state index is 6.04. The van der Waals surface area contributed by atoms with Gasteiger partial charge >= 0.3 is 0 Å². The summed E-state index contributed by atoms with van der Waals surface area (Å²) >= 11 is 7.68. The number of nitrogens with zero attached hydrogens (tertiary/aromatic N) is 3. The van der Waals surface area contributed by atoms with Crippen LogP contribution in [-0.4, -0.2) is 20.5 Å². The molecule has 0 aliphatic heterocycles. The normalized spacial score (nSPS) is 11.2. The van der Waals surface area contributed by atoms with Gasteiger partial charge in [0.1, 0.15) is 12.4 Å². The Bertz CT molecular complexity index is 893. The molecule has 26 heavy (non-hydrogen) atoms. The van der Waals surface area contributed by atoms with Gasteiger partial charge in [-0.3, -0.25) is 0 Å². The first-order valence-corrected chi connectivity index (χ1v) is 9.61. The van der Waals surface area contributed by atoms with Gasteiger partial charge in [-0.1, -0.05) is 65.8 Å². The first kappa shape index (κ1) is 18.5. The topological polar surface area (TPSA) is 39.9 Å². The zero-order valence-electron chi connectivity index (χ0n) is 14.7. The molecule has 0 radical (unpaired) electrons. The molecule has 4 nitrogen and oxygen atoms in total. The zero-order chi connectivity index (χ0) is 18.4. The average molecular weight is 386 g/mol. The fourth-order valence-corrected chi connectivity index (χ4v) is 3.18. The first-order valence-electron chi connectivity index (χ1n) is 8.25. The summed E-state index contributed by atoms with van der Waals surface area (Å²) < 4.78 is 7.76. The molecule has 3 rings (SSSR count). The number of aromatic nitrogens is 3. The molecule has 0 amide bonds. The van der Waals surface area contributed by atoms with E-state index in [2.05, 4.69) is 34.5 Å². The molecule has 0 N–H and O–H groups in total. The lowest BCUT2D eigenvalue weighted by Crippen LogP contribution is -2.04. The van der Waals surface area contributed by atoms with Crippen molar-refractivity contribution in [2.45, 2.75) is 18.7 Å². The van der Waals surface area contributed by atoms with Crippen molar-refractivity contribution in [1.82, 2.24) is 14.8 Å². The molecule has 0 spiro atoms. The third-order valence-corrected chi connectivity index (χ3v) is 5.24. The summed E-state index contributed by atoms with van der Waals surface area (Å²) in [4.78, 5) is 0. The van der Waals surface area contributed by atoms with E-state index in [0.717, 1.165) is 33.1 Å². The van der Waals surface area contributed by atoms with Crippen LogP contribution in [0, 0.1) is 6.92 Å². The van der Waals surface area contributed by atoms with Crippen molar-refractivity contribution in [2.75, 3.05) is 5.75 Å². The Morgan fingerprint density at radius 1 is 1.15 bits per heavy atom. The van der Waals surface area contributed by atoms with E-state index in [0.29, 0.717) is 6.61 Å². The molecule has 0 bridgehead atoms. The second-order valence-corrected chi connectivity index (χ2v) is 7.18. The number of thioether (sulfide) groups is 1. The number of hydrogen-bond acceptors (Lipinski definition) is 4. The van der Waals surface area contributed by atoms with Crippen molar-refractivity contribution in [3.05, 3.63) is 76.6 Å². The van der Waals surface area contributed by atoms with E-state index >= 15 is 0 Å². The smallest absolute Gasteiger partial charge is 0.191 e. The van der Waals surface area contributed by atoms with E-state index in [1.165, 1.54) is 5.56 Å². The standard InChI is InChI=1S/C20H20ClN3OS/c1-15-13-17(10-11-18(15)21)25-14-19-22-23-20(24(19)2)26-12-6-9-16-7-4-3-5-8-16/h3-11,13H,12,14H2,1-2H3. The highest BCUT2D eigenvalue weighted by atomic mass is 35.5. The minimum atomic E-state index is 0.366. The van der Waals surface area contributed by atoms with E-state index in [4.69, 9.17) is 16.3 Å². The summed E-state index contributed by atoms with van der Waals surface area (Å²) in [5, 5.41) is 10.1. The van der Waals surface area contributed by atoms with Gasteiger partial charge in [-0.15, -0.1) is 10.2 Å². The zero-order valence-corrected chi connectivity index (χ0v) is 16.3. The Hall–Kier alpha value is -2.24. The van der Waals surface area contributed by atoms with Gasteiger partial charge in [0, 0.05) is 17.8 Å². The molecule has 3 aromatic rings. The summed E-state index contributed by atoms with van der Waals surface area (Å²) in [6.07, 6.45) is 4.23. The maximum absolute atomic E-state index is 6.04. The molecule has 0 fully saturated rings.